The minimum Gasteiger partial charge on any atom is -0.438 e. The van der Waals surface area contributed by atoms with Gasteiger partial charge in [0, 0.05) is 25.7 Å². The number of carbonyl (C=O) groups is 1. The Labute approximate surface area is 156 Å². The first-order valence-electron chi connectivity index (χ1n) is 8.95. The van der Waals surface area contributed by atoms with Gasteiger partial charge in [0.1, 0.15) is 29.8 Å². The molecular weight excluding hydrogens is 351 g/mol. The van der Waals surface area contributed by atoms with Crippen molar-refractivity contribution in [2.45, 2.75) is 32.2 Å². The van der Waals surface area contributed by atoms with Crippen LogP contribution < -0.4 is 15.5 Å². The van der Waals surface area contributed by atoms with Crippen molar-refractivity contribution >= 4 is 17.7 Å². The van der Waals surface area contributed by atoms with Gasteiger partial charge in [-0.25, -0.2) is 24.1 Å². The second-order valence-electron chi connectivity index (χ2n) is 6.80. The Bertz CT molecular complexity index is 861. The van der Waals surface area contributed by atoms with Crippen LogP contribution in [0.25, 0.3) is 11.4 Å². The number of rotatable bonds is 3. The zero-order chi connectivity index (χ0) is 19.0. The number of alkyl halides is 1. The topological polar surface area (TPSA) is 92.3 Å². The quantitative estimate of drug-likeness (QED) is 0.854. The maximum atomic E-state index is 14.2. The molecule has 2 unspecified atom stereocenters. The Morgan fingerprint density at radius 2 is 2.22 bits per heavy atom. The number of hydrogen-bond acceptors (Lipinski definition) is 7. The van der Waals surface area contributed by atoms with Gasteiger partial charge in [0.15, 0.2) is 6.10 Å². The maximum Gasteiger partial charge on any atom is 0.413 e. The summed E-state index contributed by atoms with van der Waals surface area (Å²) < 4.78 is 19.3. The summed E-state index contributed by atoms with van der Waals surface area (Å²) in [5, 5.41) is 5.92. The van der Waals surface area contributed by atoms with Crippen LogP contribution in [-0.2, 0) is 4.74 Å². The number of pyridine rings is 1. The summed E-state index contributed by atoms with van der Waals surface area (Å²) in [5.41, 5.74) is 1.45. The molecule has 0 saturated carbocycles. The number of amides is 1. The molecular formula is C18H21FN6O2. The summed E-state index contributed by atoms with van der Waals surface area (Å²) in [4.78, 5) is 27.0. The minimum atomic E-state index is -1.41. The van der Waals surface area contributed by atoms with Crippen LogP contribution in [-0.4, -0.2) is 52.9 Å². The van der Waals surface area contributed by atoms with E-state index in [9.17, 15) is 9.18 Å². The molecule has 27 heavy (non-hydrogen) atoms. The zero-order valence-electron chi connectivity index (χ0n) is 15.1. The number of hydrogen-bond donors (Lipinski definition) is 2. The Balaban J connectivity index is 1.75. The highest BCUT2D eigenvalue weighted by Gasteiger charge is 2.35. The van der Waals surface area contributed by atoms with Crippen LogP contribution in [0.3, 0.4) is 0 Å². The van der Waals surface area contributed by atoms with E-state index in [1.807, 2.05) is 18.2 Å². The highest BCUT2D eigenvalue weighted by molar-refractivity contribution is 5.88. The zero-order valence-corrected chi connectivity index (χ0v) is 15.1. The monoisotopic (exact) mass is 372 g/mol. The molecule has 0 radical (unpaired) electrons. The molecule has 2 N–H and O–H groups in total. The molecule has 1 fully saturated rings. The summed E-state index contributed by atoms with van der Waals surface area (Å²) in [5.74, 6) is 1.09. The number of anilines is 2. The van der Waals surface area contributed by atoms with Gasteiger partial charge in [-0.15, -0.1) is 0 Å². The standard InChI is InChI=1S/C18H21FN6O2/c1-10-8-25(7-6-20-10)13-5-3-4-12(23-13)15-14-16(11(2)19)27-18(26)24-17(14)22-9-21-15/h3-5,9-11,16,20H,6-8H2,1-2H3,(H,21,22,24,26)/t10-,11?,16?/m0/s1. The lowest BCUT2D eigenvalue weighted by molar-refractivity contribution is 0.0550. The van der Waals surface area contributed by atoms with Crippen molar-refractivity contribution in [3.8, 4) is 11.4 Å². The number of halogens is 1. The molecule has 1 amide bonds. The summed E-state index contributed by atoms with van der Waals surface area (Å²) in [6, 6.07) is 6.03. The normalized spacial score (nSPS) is 23.2. The van der Waals surface area contributed by atoms with E-state index < -0.39 is 18.4 Å². The Morgan fingerprint density at radius 1 is 1.37 bits per heavy atom. The second kappa shape index (κ2) is 7.07. The third-order valence-electron chi connectivity index (χ3n) is 4.71. The molecule has 0 aromatic carbocycles. The van der Waals surface area contributed by atoms with Gasteiger partial charge >= 0.3 is 6.09 Å². The van der Waals surface area contributed by atoms with Crippen LogP contribution in [0.15, 0.2) is 24.5 Å². The Morgan fingerprint density at radius 3 is 3.00 bits per heavy atom. The van der Waals surface area contributed by atoms with Crippen molar-refractivity contribution in [3.05, 3.63) is 30.1 Å². The van der Waals surface area contributed by atoms with Crippen molar-refractivity contribution in [2.75, 3.05) is 29.9 Å². The molecule has 8 nitrogen and oxygen atoms in total. The Hall–Kier alpha value is -2.81. The number of aromatic nitrogens is 3. The molecule has 0 bridgehead atoms. The molecule has 0 aliphatic carbocycles. The van der Waals surface area contributed by atoms with Gasteiger partial charge in [0.2, 0.25) is 0 Å². The van der Waals surface area contributed by atoms with Crippen LogP contribution in [0.4, 0.5) is 20.8 Å². The molecule has 9 heteroatoms. The summed E-state index contributed by atoms with van der Waals surface area (Å²) in [7, 11) is 0. The van der Waals surface area contributed by atoms with Gasteiger partial charge in [-0.1, -0.05) is 6.07 Å². The highest BCUT2D eigenvalue weighted by Crippen LogP contribution is 2.38. The predicted octanol–water partition coefficient (Wildman–Crippen LogP) is 2.30. The van der Waals surface area contributed by atoms with Gasteiger partial charge in [-0.2, -0.15) is 0 Å². The van der Waals surface area contributed by atoms with Gasteiger partial charge in [0.05, 0.1) is 11.3 Å². The van der Waals surface area contributed by atoms with E-state index in [1.54, 1.807) is 0 Å². The van der Waals surface area contributed by atoms with Crippen molar-refractivity contribution in [3.63, 3.8) is 0 Å². The summed E-state index contributed by atoms with van der Waals surface area (Å²) in [6.45, 7) is 6.06. The lowest BCUT2D eigenvalue weighted by Crippen LogP contribution is -2.49. The average molecular weight is 372 g/mol. The lowest BCUT2D eigenvalue weighted by atomic mass is 10.0. The van der Waals surface area contributed by atoms with Crippen LogP contribution in [0.2, 0.25) is 0 Å². The third kappa shape index (κ3) is 3.42. The van der Waals surface area contributed by atoms with E-state index in [1.165, 1.54) is 13.3 Å². The predicted molar refractivity (Wildman–Crippen MR) is 98.4 cm³/mol. The van der Waals surface area contributed by atoms with Crippen molar-refractivity contribution in [2.24, 2.45) is 0 Å². The molecule has 2 aliphatic heterocycles. The van der Waals surface area contributed by atoms with Gasteiger partial charge in [-0.3, -0.25) is 5.32 Å². The van der Waals surface area contributed by atoms with Crippen molar-refractivity contribution in [1.29, 1.82) is 0 Å². The first-order chi connectivity index (χ1) is 13.0. The smallest absolute Gasteiger partial charge is 0.413 e. The minimum absolute atomic E-state index is 0.258. The first kappa shape index (κ1) is 17.6. The average Bonchev–Trinajstić information content (AvgIpc) is 2.66. The van der Waals surface area contributed by atoms with E-state index in [4.69, 9.17) is 9.72 Å². The molecule has 4 heterocycles. The number of ether oxygens (including phenoxy) is 1. The van der Waals surface area contributed by atoms with Gasteiger partial charge in [0.25, 0.3) is 0 Å². The van der Waals surface area contributed by atoms with E-state index in [2.05, 4.69) is 32.4 Å². The van der Waals surface area contributed by atoms with Crippen LogP contribution >= 0.6 is 0 Å². The molecule has 0 spiro atoms. The Kier molecular flexibility index (Phi) is 4.61. The number of fused-ring (bicyclic) bond motifs is 1. The number of nitrogens with one attached hydrogen (secondary N) is 2. The van der Waals surface area contributed by atoms with Crippen LogP contribution in [0, 0.1) is 0 Å². The number of piperazine rings is 1. The molecule has 3 atom stereocenters. The summed E-state index contributed by atoms with van der Waals surface area (Å²) in [6.07, 6.45) is -1.87. The third-order valence-corrected chi connectivity index (χ3v) is 4.71. The molecule has 2 aromatic heterocycles. The van der Waals surface area contributed by atoms with Crippen LogP contribution in [0.1, 0.15) is 25.5 Å². The number of cyclic esters (lactones) is 1. The summed E-state index contributed by atoms with van der Waals surface area (Å²) >= 11 is 0. The van der Waals surface area contributed by atoms with Crippen molar-refractivity contribution in [1.82, 2.24) is 20.3 Å². The van der Waals surface area contributed by atoms with E-state index in [0.29, 0.717) is 23.0 Å². The molecule has 142 valence electrons. The molecule has 1 saturated heterocycles. The van der Waals surface area contributed by atoms with E-state index in [-0.39, 0.29) is 5.82 Å². The first-order valence-corrected chi connectivity index (χ1v) is 8.95. The molecule has 2 aliphatic rings. The molecule has 2 aromatic rings. The largest absolute Gasteiger partial charge is 0.438 e. The number of nitrogens with zero attached hydrogens (tertiary/aromatic N) is 4. The lowest BCUT2D eigenvalue weighted by Gasteiger charge is -2.33. The fourth-order valence-electron chi connectivity index (χ4n) is 3.46. The fourth-order valence-corrected chi connectivity index (χ4v) is 3.46. The number of carbonyl (C=O) groups excluding carboxylic acids is 1. The van der Waals surface area contributed by atoms with E-state index in [0.717, 1.165) is 25.5 Å². The highest BCUT2D eigenvalue weighted by atomic mass is 19.1. The molecule has 4 rings (SSSR count). The van der Waals surface area contributed by atoms with Crippen molar-refractivity contribution < 1.29 is 13.9 Å². The maximum absolute atomic E-state index is 14.2. The fraction of sp³-hybridized carbons (Fsp3) is 0.444. The SMILES string of the molecule is CC(F)C1OC(=O)Nc2ncnc(-c3cccc(N4CCN[C@@H](C)C4)n3)c21. The van der Waals surface area contributed by atoms with Gasteiger partial charge in [-0.05, 0) is 26.0 Å². The second-order valence-corrected chi connectivity index (χ2v) is 6.80. The van der Waals surface area contributed by atoms with Gasteiger partial charge < -0.3 is 15.0 Å². The van der Waals surface area contributed by atoms with Crippen LogP contribution in [0.5, 0.6) is 0 Å². The van der Waals surface area contributed by atoms with E-state index >= 15 is 0 Å².